The second-order valence-corrected chi connectivity index (χ2v) is 5.87. The van der Waals surface area contributed by atoms with Crippen LogP contribution in [0.3, 0.4) is 0 Å². The van der Waals surface area contributed by atoms with E-state index in [0.29, 0.717) is 6.61 Å². The van der Waals surface area contributed by atoms with E-state index in [4.69, 9.17) is 4.74 Å². The van der Waals surface area contributed by atoms with E-state index < -0.39 is 12.3 Å². The van der Waals surface area contributed by atoms with Crippen molar-refractivity contribution in [1.82, 2.24) is 0 Å². The number of unbranched alkanes of at least 4 members (excludes halogenated alkanes) is 2. The smallest absolute Gasteiger partial charge is 0.435 e. The van der Waals surface area contributed by atoms with Crippen molar-refractivity contribution in [3.63, 3.8) is 0 Å². The average molecular weight is 310 g/mol. The van der Waals surface area contributed by atoms with Crippen LogP contribution < -0.4 is 0 Å². The van der Waals surface area contributed by atoms with E-state index in [1.165, 1.54) is 6.42 Å². The van der Waals surface area contributed by atoms with Gasteiger partial charge in [-0.15, -0.1) is 0 Å². The lowest BCUT2D eigenvalue weighted by Gasteiger charge is -2.32. The molecule has 1 amide bonds. The quantitative estimate of drug-likeness (QED) is 0.435. The number of hydrogen-bond donors (Lipinski definition) is 1. The Bertz CT molecular complexity index is 404. The molecule has 0 bridgehead atoms. The Balaban J connectivity index is 0.00000135. The highest BCUT2D eigenvalue weighted by Gasteiger charge is 2.38. The minimum atomic E-state index is -0.899. The fraction of sp³-hybridized carbons (Fsp3) is 0.611. The number of rotatable bonds is 7. The molecule has 126 valence electrons. The highest BCUT2D eigenvalue weighted by Crippen LogP contribution is 2.27. The molecule has 1 unspecified atom stereocenters. The third kappa shape index (κ3) is 7.05. The molecule has 0 aliphatic carbocycles. The number of nitrogens with zero attached hydrogens (tertiary/aromatic N) is 1. The van der Waals surface area contributed by atoms with E-state index >= 15 is 0 Å². The Morgan fingerprint density at radius 2 is 1.68 bits per heavy atom. The van der Waals surface area contributed by atoms with E-state index in [9.17, 15) is 9.90 Å². The predicted octanol–water partition coefficient (Wildman–Crippen LogP) is 5.06. The maximum atomic E-state index is 11.4. The van der Waals surface area contributed by atoms with Gasteiger partial charge in [0.1, 0.15) is 0 Å². The van der Waals surface area contributed by atoms with Gasteiger partial charge in [0, 0.05) is 5.56 Å². The van der Waals surface area contributed by atoms with Gasteiger partial charge in [0.2, 0.25) is 6.23 Å². The number of carbonyl (C=O) groups is 1. The normalized spacial score (nSPS) is 12.2. The zero-order chi connectivity index (χ0) is 17.0. The van der Waals surface area contributed by atoms with Crippen molar-refractivity contribution in [2.24, 2.45) is 0 Å². The fourth-order valence-corrected chi connectivity index (χ4v) is 1.92. The van der Waals surface area contributed by atoms with Gasteiger partial charge in [-0.3, -0.25) is 0 Å². The molecule has 0 saturated heterocycles. The summed E-state index contributed by atoms with van der Waals surface area (Å²) in [6.45, 7) is 6.97. The zero-order valence-corrected chi connectivity index (χ0v) is 14.7. The second-order valence-electron chi connectivity index (χ2n) is 5.87. The topological polar surface area (TPSA) is 46.5 Å². The van der Waals surface area contributed by atoms with E-state index in [1.54, 1.807) is 14.1 Å². The minimum Gasteiger partial charge on any atom is -0.435 e. The molecule has 0 spiro atoms. The summed E-state index contributed by atoms with van der Waals surface area (Å²) in [5, 5.41) is 9.37. The second kappa shape index (κ2) is 11.2. The van der Waals surface area contributed by atoms with Gasteiger partial charge in [-0.25, -0.2) is 0 Å². The van der Waals surface area contributed by atoms with E-state index in [0.717, 1.165) is 24.8 Å². The molecule has 0 saturated carbocycles. The summed E-state index contributed by atoms with van der Waals surface area (Å²) in [4.78, 5) is 11.4. The van der Waals surface area contributed by atoms with Crippen LogP contribution in [0.4, 0.5) is 4.79 Å². The monoisotopic (exact) mass is 310 g/mol. The first-order valence-electron chi connectivity index (χ1n) is 8.15. The van der Waals surface area contributed by atoms with Crippen molar-refractivity contribution in [2.75, 3.05) is 20.7 Å². The summed E-state index contributed by atoms with van der Waals surface area (Å²) >= 11 is 0. The Kier molecular flexibility index (Phi) is 10.5. The number of hydrogen-bond acceptors (Lipinski definition) is 2. The molecule has 0 radical (unpaired) electrons. The summed E-state index contributed by atoms with van der Waals surface area (Å²) in [6.07, 6.45) is 3.05. The van der Waals surface area contributed by atoms with Gasteiger partial charge in [0.25, 0.3) is 0 Å². The van der Waals surface area contributed by atoms with Crippen LogP contribution in [0.25, 0.3) is 0 Å². The standard InChI is InChI=1S/C15H23NO3.C3H8/c1-4-5-9-12-19-14(16(2,3)15(17)18)13-10-7-6-8-11-13;1-3-2/h6-8,10-11,14H,4-5,9,12H2,1-3H3;3H2,1-2H3/p+1. The molecule has 1 aromatic rings. The lowest BCUT2D eigenvalue weighted by atomic mass is 10.1. The van der Waals surface area contributed by atoms with E-state index in [2.05, 4.69) is 20.8 Å². The molecule has 1 N–H and O–H groups in total. The Hall–Kier alpha value is -1.39. The Labute approximate surface area is 135 Å². The van der Waals surface area contributed by atoms with Crippen LogP contribution in [-0.2, 0) is 4.74 Å². The molecule has 1 aromatic carbocycles. The predicted molar refractivity (Wildman–Crippen MR) is 90.8 cm³/mol. The molecular formula is C18H32NO3+. The van der Waals surface area contributed by atoms with Crippen molar-refractivity contribution < 1.29 is 19.1 Å². The molecule has 1 rings (SSSR count). The number of carboxylic acid groups (broad SMARTS) is 1. The summed E-state index contributed by atoms with van der Waals surface area (Å²) in [5.41, 5.74) is 0.895. The van der Waals surface area contributed by atoms with Gasteiger partial charge in [0.05, 0.1) is 20.7 Å². The maximum Gasteiger partial charge on any atom is 0.515 e. The van der Waals surface area contributed by atoms with Crippen molar-refractivity contribution >= 4 is 6.09 Å². The lowest BCUT2D eigenvalue weighted by molar-refractivity contribution is -0.877. The van der Waals surface area contributed by atoms with Crippen LogP contribution in [0.1, 0.15) is 58.2 Å². The van der Waals surface area contributed by atoms with Gasteiger partial charge in [0.15, 0.2) is 0 Å². The average Bonchev–Trinajstić information content (AvgIpc) is 2.48. The number of benzene rings is 1. The molecule has 0 aliphatic heterocycles. The van der Waals surface area contributed by atoms with Crippen LogP contribution in [0.2, 0.25) is 0 Å². The molecule has 22 heavy (non-hydrogen) atoms. The van der Waals surface area contributed by atoms with Crippen molar-refractivity contribution in [1.29, 1.82) is 0 Å². The third-order valence-electron chi connectivity index (χ3n) is 3.19. The molecule has 4 nitrogen and oxygen atoms in total. The van der Waals surface area contributed by atoms with Crippen molar-refractivity contribution in [3.8, 4) is 0 Å². The Morgan fingerprint density at radius 3 is 2.14 bits per heavy atom. The first-order chi connectivity index (χ1) is 10.4. The van der Waals surface area contributed by atoms with Crippen molar-refractivity contribution in [2.45, 2.75) is 52.7 Å². The van der Waals surface area contributed by atoms with Gasteiger partial charge in [-0.05, 0) is 6.42 Å². The number of amides is 1. The molecule has 0 aromatic heterocycles. The first-order valence-corrected chi connectivity index (χ1v) is 8.15. The molecule has 0 heterocycles. The van der Waals surface area contributed by atoms with Crippen LogP contribution >= 0.6 is 0 Å². The summed E-state index contributed by atoms with van der Waals surface area (Å²) in [5.74, 6) is 0. The third-order valence-corrected chi connectivity index (χ3v) is 3.19. The maximum absolute atomic E-state index is 11.4. The van der Waals surface area contributed by atoms with Gasteiger partial charge >= 0.3 is 6.09 Å². The SMILES string of the molecule is CCC.CCCCCOC(c1ccccc1)[N+](C)(C)C(=O)O. The van der Waals surface area contributed by atoms with Crippen LogP contribution in [-0.4, -0.2) is 36.4 Å². The van der Waals surface area contributed by atoms with Crippen LogP contribution in [0, 0.1) is 0 Å². The van der Waals surface area contributed by atoms with E-state index in [1.807, 2.05) is 30.3 Å². The number of quaternary nitrogens is 1. The van der Waals surface area contributed by atoms with Gasteiger partial charge < -0.3 is 9.84 Å². The number of ether oxygens (including phenoxy) is 1. The van der Waals surface area contributed by atoms with Gasteiger partial charge in [-0.1, -0.05) is 70.4 Å². The van der Waals surface area contributed by atoms with Gasteiger partial charge in [-0.2, -0.15) is 9.28 Å². The molecule has 1 atom stereocenters. The summed E-state index contributed by atoms with van der Waals surface area (Å²) < 4.78 is 5.62. The molecular weight excluding hydrogens is 278 g/mol. The van der Waals surface area contributed by atoms with Crippen LogP contribution in [0.15, 0.2) is 30.3 Å². The highest BCUT2D eigenvalue weighted by atomic mass is 16.5. The van der Waals surface area contributed by atoms with E-state index in [-0.39, 0.29) is 4.48 Å². The lowest BCUT2D eigenvalue weighted by Crippen LogP contribution is -2.48. The largest absolute Gasteiger partial charge is 0.515 e. The van der Waals surface area contributed by atoms with Crippen LogP contribution in [0.5, 0.6) is 0 Å². The molecule has 0 aliphatic rings. The first kappa shape index (κ1) is 20.6. The molecule has 4 heteroatoms. The highest BCUT2D eigenvalue weighted by molar-refractivity contribution is 5.56. The summed E-state index contributed by atoms with van der Waals surface area (Å²) in [7, 11) is 3.31. The summed E-state index contributed by atoms with van der Waals surface area (Å²) in [6, 6.07) is 9.54. The Morgan fingerprint density at radius 1 is 1.14 bits per heavy atom. The minimum absolute atomic E-state index is 0.226. The van der Waals surface area contributed by atoms with Crippen molar-refractivity contribution in [3.05, 3.63) is 35.9 Å². The zero-order valence-electron chi connectivity index (χ0n) is 14.7. The fourth-order valence-electron chi connectivity index (χ4n) is 1.92. The molecule has 0 fully saturated rings.